The third-order valence-electron chi connectivity index (χ3n) is 2.39. The minimum absolute atomic E-state index is 0.00579. The van der Waals surface area contributed by atoms with Crippen LogP contribution in [0.15, 0.2) is 29.2 Å². The van der Waals surface area contributed by atoms with Gasteiger partial charge >= 0.3 is 5.97 Å². The van der Waals surface area contributed by atoms with Gasteiger partial charge in [0, 0.05) is 11.8 Å². The van der Waals surface area contributed by atoms with Crippen LogP contribution in [0.4, 0.5) is 0 Å². The predicted octanol–water partition coefficient (Wildman–Crippen LogP) is -0.0409. The van der Waals surface area contributed by atoms with Crippen LogP contribution in [0.25, 0.3) is 0 Å². The van der Waals surface area contributed by atoms with Crippen LogP contribution < -0.4 is 0 Å². The average Bonchev–Trinajstić information content (AvgIpc) is 2.26. The lowest BCUT2D eigenvalue weighted by Crippen LogP contribution is -2.23. The van der Waals surface area contributed by atoms with E-state index in [1.807, 2.05) is 0 Å². The van der Waals surface area contributed by atoms with Crippen molar-refractivity contribution >= 4 is 15.8 Å². The van der Waals surface area contributed by atoms with E-state index >= 15 is 0 Å². The molecule has 7 heteroatoms. The maximum atomic E-state index is 11.5. The maximum Gasteiger partial charge on any atom is 0.306 e. The summed E-state index contributed by atoms with van der Waals surface area (Å²) in [5.74, 6) is -1.28. The van der Waals surface area contributed by atoms with Gasteiger partial charge < -0.3 is 15.3 Å². The van der Waals surface area contributed by atoms with Crippen molar-refractivity contribution in [2.24, 2.45) is 0 Å². The summed E-state index contributed by atoms with van der Waals surface area (Å²) in [5, 5.41) is 27.8. The van der Waals surface area contributed by atoms with Gasteiger partial charge in [-0.25, -0.2) is 8.42 Å². The van der Waals surface area contributed by atoms with Gasteiger partial charge in [0.15, 0.2) is 9.84 Å². The van der Waals surface area contributed by atoms with E-state index in [0.29, 0.717) is 0 Å². The molecule has 0 bridgehead atoms. The van der Waals surface area contributed by atoms with Crippen molar-refractivity contribution < 1.29 is 28.5 Å². The Labute approximate surface area is 104 Å². The standard InChI is InChI=1S/C11H14O6S/c1-18(16,17)9-5-3-2-4-7(9)11(15)8(12)6-10(13)14/h2-5,8,11-12,15H,6H2,1H3,(H,13,14). The molecule has 1 rings (SSSR count). The lowest BCUT2D eigenvalue weighted by Gasteiger charge is -2.18. The van der Waals surface area contributed by atoms with E-state index in [0.717, 1.165) is 6.26 Å². The van der Waals surface area contributed by atoms with E-state index in [2.05, 4.69) is 0 Å². The molecule has 18 heavy (non-hydrogen) atoms. The lowest BCUT2D eigenvalue weighted by molar-refractivity contribution is -0.141. The molecule has 1 aromatic rings. The molecule has 0 saturated heterocycles. The highest BCUT2D eigenvalue weighted by molar-refractivity contribution is 7.90. The van der Waals surface area contributed by atoms with Gasteiger partial charge in [-0.05, 0) is 6.07 Å². The molecule has 100 valence electrons. The Morgan fingerprint density at radius 2 is 1.83 bits per heavy atom. The number of aliphatic carboxylic acids is 1. The number of aliphatic hydroxyl groups is 2. The van der Waals surface area contributed by atoms with Crippen LogP contribution in [0, 0.1) is 0 Å². The van der Waals surface area contributed by atoms with Crippen LogP contribution in [0.5, 0.6) is 0 Å². The second-order valence-electron chi connectivity index (χ2n) is 3.92. The van der Waals surface area contributed by atoms with Crippen LogP contribution in [-0.4, -0.2) is 42.1 Å². The molecule has 1 aromatic carbocycles. The number of carbonyl (C=O) groups is 1. The molecule has 6 nitrogen and oxygen atoms in total. The highest BCUT2D eigenvalue weighted by Gasteiger charge is 2.25. The Hall–Kier alpha value is -1.44. The molecule has 0 aliphatic rings. The Morgan fingerprint density at radius 1 is 1.28 bits per heavy atom. The minimum Gasteiger partial charge on any atom is -0.481 e. The quantitative estimate of drug-likeness (QED) is 0.694. The summed E-state index contributed by atoms with van der Waals surface area (Å²) in [6.45, 7) is 0. The van der Waals surface area contributed by atoms with Crippen molar-refractivity contribution in [1.29, 1.82) is 0 Å². The van der Waals surface area contributed by atoms with E-state index in [1.54, 1.807) is 0 Å². The first kappa shape index (κ1) is 14.6. The fraction of sp³-hybridized carbons (Fsp3) is 0.364. The number of benzene rings is 1. The molecule has 2 atom stereocenters. The summed E-state index contributed by atoms with van der Waals surface area (Å²) in [5.41, 5.74) is -0.00579. The maximum absolute atomic E-state index is 11.5. The molecule has 2 unspecified atom stereocenters. The zero-order chi connectivity index (χ0) is 13.9. The van der Waals surface area contributed by atoms with Gasteiger partial charge in [-0.2, -0.15) is 0 Å². The van der Waals surface area contributed by atoms with Crippen molar-refractivity contribution in [3.63, 3.8) is 0 Å². The van der Waals surface area contributed by atoms with Crippen LogP contribution in [0.1, 0.15) is 18.1 Å². The number of carboxylic acids is 1. The monoisotopic (exact) mass is 274 g/mol. The summed E-state index contributed by atoms with van der Waals surface area (Å²) >= 11 is 0. The minimum atomic E-state index is -3.56. The third kappa shape index (κ3) is 3.52. The van der Waals surface area contributed by atoms with Crippen LogP contribution >= 0.6 is 0 Å². The Morgan fingerprint density at radius 3 is 2.33 bits per heavy atom. The number of hydrogen-bond donors (Lipinski definition) is 3. The molecule has 0 radical (unpaired) electrons. The van der Waals surface area contributed by atoms with Crippen molar-refractivity contribution in [3.05, 3.63) is 29.8 Å². The van der Waals surface area contributed by atoms with E-state index in [9.17, 15) is 23.4 Å². The van der Waals surface area contributed by atoms with E-state index < -0.39 is 34.4 Å². The smallest absolute Gasteiger partial charge is 0.306 e. The third-order valence-corrected chi connectivity index (χ3v) is 3.56. The number of sulfone groups is 1. The van der Waals surface area contributed by atoms with Crippen molar-refractivity contribution in [2.45, 2.75) is 23.5 Å². The summed E-state index contributed by atoms with van der Waals surface area (Å²) in [4.78, 5) is 10.3. The highest BCUT2D eigenvalue weighted by atomic mass is 32.2. The number of rotatable bonds is 5. The SMILES string of the molecule is CS(=O)(=O)c1ccccc1C(O)C(O)CC(=O)O. The lowest BCUT2D eigenvalue weighted by atomic mass is 10.0. The van der Waals surface area contributed by atoms with Crippen molar-refractivity contribution in [2.75, 3.05) is 6.26 Å². The van der Waals surface area contributed by atoms with Crippen molar-refractivity contribution in [3.8, 4) is 0 Å². The molecular weight excluding hydrogens is 260 g/mol. The first-order chi connectivity index (χ1) is 8.23. The van der Waals surface area contributed by atoms with Gasteiger partial charge in [0.25, 0.3) is 0 Å². The summed E-state index contributed by atoms with van der Waals surface area (Å²) in [6, 6.07) is 5.62. The van der Waals surface area contributed by atoms with Crippen LogP contribution in [-0.2, 0) is 14.6 Å². The number of carboxylic acid groups (broad SMARTS) is 1. The molecule has 0 fully saturated rings. The van der Waals surface area contributed by atoms with Crippen LogP contribution in [0.2, 0.25) is 0 Å². The van der Waals surface area contributed by atoms with Gasteiger partial charge in [-0.15, -0.1) is 0 Å². The van der Waals surface area contributed by atoms with Gasteiger partial charge in [0.05, 0.1) is 17.4 Å². The van der Waals surface area contributed by atoms with E-state index in [-0.39, 0.29) is 10.5 Å². The summed E-state index contributed by atoms with van der Waals surface area (Å²) in [7, 11) is -3.56. The van der Waals surface area contributed by atoms with E-state index in [1.165, 1.54) is 24.3 Å². The zero-order valence-electron chi connectivity index (χ0n) is 9.65. The summed E-state index contributed by atoms with van der Waals surface area (Å²) in [6.07, 6.45) is -2.82. The molecular formula is C11H14O6S. The number of aliphatic hydroxyl groups excluding tert-OH is 2. The second-order valence-corrected chi connectivity index (χ2v) is 5.90. The van der Waals surface area contributed by atoms with Gasteiger partial charge in [0.2, 0.25) is 0 Å². The topological polar surface area (TPSA) is 112 Å². The fourth-order valence-corrected chi connectivity index (χ4v) is 2.50. The average molecular weight is 274 g/mol. The molecule has 0 aliphatic carbocycles. The Bertz CT molecular complexity index is 536. The largest absolute Gasteiger partial charge is 0.481 e. The second kappa shape index (κ2) is 5.47. The molecule has 0 saturated carbocycles. The highest BCUT2D eigenvalue weighted by Crippen LogP contribution is 2.25. The zero-order valence-corrected chi connectivity index (χ0v) is 10.5. The Kier molecular flexibility index (Phi) is 4.44. The van der Waals surface area contributed by atoms with Crippen LogP contribution in [0.3, 0.4) is 0 Å². The normalized spacial score (nSPS) is 15.1. The fourth-order valence-electron chi connectivity index (χ4n) is 1.56. The van der Waals surface area contributed by atoms with E-state index in [4.69, 9.17) is 5.11 Å². The molecule has 0 aliphatic heterocycles. The first-order valence-corrected chi connectivity index (χ1v) is 6.99. The van der Waals surface area contributed by atoms with Gasteiger partial charge in [-0.3, -0.25) is 4.79 Å². The molecule has 0 amide bonds. The Balaban J connectivity index is 3.14. The predicted molar refractivity (Wildman–Crippen MR) is 62.8 cm³/mol. The van der Waals surface area contributed by atoms with Gasteiger partial charge in [0.1, 0.15) is 6.10 Å². The summed E-state index contributed by atoms with van der Waals surface area (Å²) < 4.78 is 23.0. The van der Waals surface area contributed by atoms with Gasteiger partial charge in [-0.1, -0.05) is 18.2 Å². The molecule has 0 spiro atoms. The first-order valence-electron chi connectivity index (χ1n) is 5.10. The molecule has 3 N–H and O–H groups in total. The number of hydrogen-bond acceptors (Lipinski definition) is 5. The molecule has 0 aromatic heterocycles. The molecule has 0 heterocycles. The van der Waals surface area contributed by atoms with Crippen molar-refractivity contribution in [1.82, 2.24) is 0 Å².